The number of ether oxygens (including phenoxy) is 2. The lowest BCUT2D eigenvalue weighted by atomic mass is 9.82. The molecule has 2 aliphatic heterocycles. The monoisotopic (exact) mass is 722 g/mol. The molecular formula is C48H22N2O6. The summed E-state index contributed by atoms with van der Waals surface area (Å²) in [6.07, 6.45) is 0. The Balaban J connectivity index is 1.35. The standard InChI is InChI=1S/C48H22N2O6/c51-45-29-20-18-28-42-38(50-35-15-7-3-11-25(35)26-12-4-8-16-36(26)50)22-32-40-30(46(52)56-48(32)54)19-17-27(44(40)42)41-37(21-31(47(53)55-45)39(29)43(28)41)49-33-13-5-1-9-23(33)24-10-2-6-14-34(24)49/h1-22H. The molecule has 0 bridgehead atoms. The third kappa shape index (κ3) is 3.41. The smallest absolute Gasteiger partial charge is 0.346 e. The second kappa shape index (κ2) is 10.0. The second-order valence-electron chi connectivity index (χ2n) is 14.6. The highest BCUT2D eigenvalue weighted by atomic mass is 16.6. The zero-order chi connectivity index (χ0) is 37.1. The van der Waals surface area contributed by atoms with Crippen molar-refractivity contribution < 1.29 is 28.7 Å². The zero-order valence-corrected chi connectivity index (χ0v) is 29.0. The van der Waals surface area contributed by atoms with Crippen molar-refractivity contribution >= 4 is 111 Å². The Morgan fingerprint density at radius 1 is 0.304 bits per heavy atom. The molecule has 0 radical (unpaired) electrons. The van der Waals surface area contributed by atoms with E-state index in [9.17, 15) is 19.2 Å². The number of benzene rings is 9. The number of hydrogen-bond donors (Lipinski definition) is 0. The summed E-state index contributed by atoms with van der Waals surface area (Å²) < 4.78 is 15.1. The summed E-state index contributed by atoms with van der Waals surface area (Å²) >= 11 is 0. The molecule has 2 aliphatic rings. The lowest BCUT2D eigenvalue weighted by Gasteiger charge is -2.26. The first kappa shape index (κ1) is 29.6. The van der Waals surface area contributed by atoms with Crippen molar-refractivity contribution in [2.24, 2.45) is 0 Å². The highest BCUT2D eigenvalue weighted by Gasteiger charge is 2.36. The van der Waals surface area contributed by atoms with Crippen molar-refractivity contribution in [3.63, 3.8) is 0 Å². The Morgan fingerprint density at radius 3 is 0.982 bits per heavy atom. The van der Waals surface area contributed by atoms with Gasteiger partial charge in [0, 0.05) is 53.9 Å². The quantitative estimate of drug-likeness (QED) is 0.0763. The van der Waals surface area contributed by atoms with E-state index in [0.29, 0.717) is 44.0 Å². The molecule has 0 N–H and O–H groups in total. The lowest BCUT2D eigenvalue weighted by molar-refractivity contribution is 0.0373. The minimum atomic E-state index is -0.722. The van der Waals surface area contributed by atoms with Gasteiger partial charge in [0.1, 0.15) is 0 Å². The Bertz CT molecular complexity index is 3380. The summed E-state index contributed by atoms with van der Waals surface area (Å²) in [6.45, 7) is 0. The van der Waals surface area contributed by atoms with Crippen molar-refractivity contribution in [3.05, 3.63) is 156 Å². The maximum absolute atomic E-state index is 13.9. The Morgan fingerprint density at radius 2 is 0.625 bits per heavy atom. The maximum Gasteiger partial charge on any atom is 0.346 e. The molecule has 9 aromatic carbocycles. The van der Waals surface area contributed by atoms with E-state index in [1.54, 1.807) is 12.1 Å². The Hall–Kier alpha value is -7.84. The third-order valence-corrected chi connectivity index (χ3v) is 12.0. The largest absolute Gasteiger partial charge is 0.386 e. The summed E-state index contributed by atoms with van der Waals surface area (Å²) in [5.74, 6) is -2.87. The van der Waals surface area contributed by atoms with Gasteiger partial charge < -0.3 is 18.6 Å². The summed E-state index contributed by atoms with van der Waals surface area (Å²) in [6, 6.07) is 43.4. The maximum atomic E-state index is 13.9. The molecule has 11 aromatic rings. The fourth-order valence-corrected chi connectivity index (χ4v) is 9.83. The molecule has 0 saturated carbocycles. The fraction of sp³-hybridized carbons (Fsp3) is 0. The first-order valence-electron chi connectivity index (χ1n) is 18.3. The highest BCUT2D eigenvalue weighted by Crippen LogP contribution is 2.51. The molecule has 0 aliphatic carbocycles. The molecule has 0 atom stereocenters. The van der Waals surface area contributed by atoms with Crippen molar-refractivity contribution in [1.82, 2.24) is 9.13 Å². The molecule has 0 saturated heterocycles. The fourth-order valence-electron chi connectivity index (χ4n) is 9.83. The number of para-hydroxylation sites is 4. The molecule has 56 heavy (non-hydrogen) atoms. The van der Waals surface area contributed by atoms with Gasteiger partial charge in [-0.05, 0) is 59.3 Å². The molecule has 2 aromatic heterocycles. The lowest BCUT2D eigenvalue weighted by Crippen LogP contribution is -2.21. The zero-order valence-electron chi connectivity index (χ0n) is 29.0. The topological polar surface area (TPSA) is 96.6 Å². The number of cyclic esters (lactones) is 4. The van der Waals surface area contributed by atoms with Gasteiger partial charge in [-0.3, -0.25) is 0 Å². The summed E-state index contributed by atoms with van der Waals surface area (Å²) in [7, 11) is 0. The summed E-state index contributed by atoms with van der Waals surface area (Å²) in [5, 5.41) is 9.62. The molecule has 8 nitrogen and oxygen atoms in total. The Labute approximate surface area is 314 Å². The van der Waals surface area contributed by atoms with Crippen LogP contribution in [0, 0.1) is 0 Å². The van der Waals surface area contributed by atoms with Crippen LogP contribution in [0.1, 0.15) is 41.4 Å². The van der Waals surface area contributed by atoms with Crippen LogP contribution in [-0.2, 0) is 9.47 Å². The number of aromatic nitrogens is 2. The predicted octanol–water partition coefficient (Wildman–Crippen LogP) is 10.6. The van der Waals surface area contributed by atoms with Crippen LogP contribution >= 0.6 is 0 Å². The molecule has 0 amide bonds. The minimum Gasteiger partial charge on any atom is -0.386 e. The first-order chi connectivity index (χ1) is 27.5. The van der Waals surface area contributed by atoms with Gasteiger partial charge in [0.05, 0.1) is 55.7 Å². The number of rotatable bonds is 2. The van der Waals surface area contributed by atoms with Gasteiger partial charge in [0.2, 0.25) is 0 Å². The number of nitrogens with zero attached hydrogens (tertiary/aromatic N) is 2. The van der Waals surface area contributed by atoms with E-state index < -0.39 is 23.9 Å². The van der Waals surface area contributed by atoms with Crippen LogP contribution in [0.5, 0.6) is 0 Å². The Kier molecular flexibility index (Phi) is 5.29. The average molecular weight is 723 g/mol. The van der Waals surface area contributed by atoms with E-state index >= 15 is 0 Å². The van der Waals surface area contributed by atoms with Crippen molar-refractivity contribution in [3.8, 4) is 11.4 Å². The van der Waals surface area contributed by atoms with Gasteiger partial charge in [-0.1, -0.05) is 84.9 Å². The van der Waals surface area contributed by atoms with Crippen LogP contribution in [0.3, 0.4) is 0 Å². The minimum absolute atomic E-state index is 0.281. The highest BCUT2D eigenvalue weighted by molar-refractivity contribution is 6.42. The van der Waals surface area contributed by atoms with E-state index in [1.165, 1.54) is 0 Å². The van der Waals surface area contributed by atoms with Gasteiger partial charge in [-0.2, -0.15) is 0 Å². The van der Waals surface area contributed by atoms with Crippen LogP contribution in [0.25, 0.3) is 98.1 Å². The SMILES string of the molecule is O=C1OC(=O)c2cc(-n3c4ccccc4c4ccccc43)c3c4ccc5c6c(cc(-n7c8ccccc8c8ccccc87)c(c7ccc1c2c73)c64)C(=O)OC5=O. The van der Waals surface area contributed by atoms with E-state index in [-0.39, 0.29) is 11.1 Å². The molecule has 0 unspecified atom stereocenters. The van der Waals surface area contributed by atoms with Crippen LogP contribution in [-0.4, -0.2) is 33.0 Å². The summed E-state index contributed by atoms with van der Waals surface area (Å²) in [4.78, 5) is 54.9. The van der Waals surface area contributed by atoms with Gasteiger partial charge in [0.15, 0.2) is 0 Å². The van der Waals surface area contributed by atoms with Gasteiger partial charge in [-0.15, -0.1) is 0 Å². The molecule has 13 rings (SSSR count). The second-order valence-corrected chi connectivity index (χ2v) is 14.6. The van der Waals surface area contributed by atoms with E-state index in [1.807, 2.05) is 72.8 Å². The predicted molar refractivity (Wildman–Crippen MR) is 216 cm³/mol. The van der Waals surface area contributed by atoms with Gasteiger partial charge in [-0.25, -0.2) is 19.2 Å². The number of fused-ring (bicyclic) bond motifs is 8. The van der Waals surface area contributed by atoms with Crippen LogP contribution in [0.15, 0.2) is 133 Å². The first-order valence-corrected chi connectivity index (χ1v) is 18.3. The molecule has 0 spiro atoms. The molecule has 4 heterocycles. The number of esters is 4. The van der Waals surface area contributed by atoms with E-state index in [0.717, 1.165) is 65.2 Å². The normalized spacial score (nSPS) is 14.1. The van der Waals surface area contributed by atoms with Crippen LogP contribution in [0.2, 0.25) is 0 Å². The van der Waals surface area contributed by atoms with Crippen molar-refractivity contribution in [2.45, 2.75) is 0 Å². The number of hydrogen-bond acceptors (Lipinski definition) is 6. The molecule has 8 heteroatoms. The van der Waals surface area contributed by atoms with Gasteiger partial charge >= 0.3 is 23.9 Å². The molecular weight excluding hydrogens is 701 g/mol. The molecule has 0 fully saturated rings. The van der Waals surface area contributed by atoms with E-state index in [2.05, 4.69) is 57.7 Å². The van der Waals surface area contributed by atoms with Crippen LogP contribution < -0.4 is 0 Å². The van der Waals surface area contributed by atoms with Crippen molar-refractivity contribution in [1.29, 1.82) is 0 Å². The summed E-state index contributed by atoms with van der Waals surface area (Å²) in [5.41, 5.74) is 6.24. The van der Waals surface area contributed by atoms with E-state index in [4.69, 9.17) is 9.47 Å². The molecule has 260 valence electrons. The number of carbonyl (C=O) groups is 4. The average Bonchev–Trinajstić information content (AvgIpc) is 3.74. The number of carbonyl (C=O) groups excluding carboxylic acids is 4. The van der Waals surface area contributed by atoms with Crippen LogP contribution in [0.4, 0.5) is 0 Å². The van der Waals surface area contributed by atoms with Crippen molar-refractivity contribution in [2.75, 3.05) is 0 Å². The van der Waals surface area contributed by atoms with Gasteiger partial charge in [0.25, 0.3) is 0 Å². The third-order valence-electron chi connectivity index (χ3n) is 12.0.